The maximum atomic E-state index is 11.4. The van der Waals surface area contributed by atoms with Gasteiger partial charge in [-0.3, -0.25) is 0 Å². The first kappa shape index (κ1) is 15.6. The molecule has 18 heavy (non-hydrogen) atoms. The van der Waals surface area contributed by atoms with Gasteiger partial charge >= 0.3 is 6.09 Å². The molecule has 1 amide bonds. The molecule has 1 aromatic heterocycles. The lowest BCUT2D eigenvalue weighted by Crippen LogP contribution is -2.34. The van der Waals surface area contributed by atoms with Crippen LogP contribution in [-0.4, -0.2) is 27.8 Å². The van der Waals surface area contributed by atoms with Crippen molar-refractivity contribution in [1.29, 1.82) is 0 Å². The fourth-order valence-corrected chi connectivity index (χ4v) is 2.28. The maximum absolute atomic E-state index is 11.4. The molecule has 0 aliphatic heterocycles. The minimum absolute atomic E-state index is 0.223. The highest BCUT2D eigenvalue weighted by Gasteiger charge is 2.16. The topological polar surface area (TPSA) is 56.1 Å². The van der Waals surface area contributed by atoms with Crippen molar-refractivity contribution in [3.63, 3.8) is 0 Å². The van der Waals surface area contributed by atoms with Gasteiger partial charge in [-0.1, -0.05) is 23.2 Å². The smallest absolute Gasteiger partial charge is 0.407 e. The molecular weight excluding hydrogens is 345 g/mol. The number of alkyl carbamates (subject to hydrolysis) is 1. The number of ether oxygens (including phenoxy) is 1. The SMILES string of the molecule is CC(C)(C)OC(=O)NCCn1c(Br)nc(Cl)c1Cl. The first-order valence-corrected chi connectivity index (χ1v) is 6.79. The third-order valence-electron chi connectivity index (χ3n) is 1.82. The highest BCUT2D eigenvalue weighted by molar-refractivity contribution is 9.10. The summed E-state index contributed by atoms with van der Waals surface area (Å²) in [5, 5.41) is 3.17. The Kier molecular flexibility index (Phi) is 5.31. The van der Waals surface area contributed by atoms with Gasteiger partial charge < -0.3 is 14.6 Å². The van der Waals surface area contributed by atoms with E-state index in [-0.39, 0.29) is 5.15 Å². The van der Waals surface area contributed by atoms with Crippen molar-refractivity contribution in [3.8, 4) is 0 Å². The molecule has 0 saturated carbocycles. The summed E-state index contributed by atoms with van der Waals surface area (Å²) in [5.74, 6) is 0. The molecule has 0 radical (unpaired) electrons. The van der Waals surface area contributed by atoms with Crippen LogP contribution in [0.2, 0.25) is 10.3 Å². The molecular formula is C10H14BrCl2N3O2. The van der Waals surface area contributed by atoms with Gasteiger partial charge in [0.15, 0.2) is 9.89 Å². The molecule has 8 heteroatoms. The molecule has 1 aromatic rings. The number of carbonyl (C=O) groups is 1. The van der Waals surface area contributed by atoms with E-state index < -0.39 is 11.7 Å². The largest absolute Gasteiger partial charge is 0.444 e. The van der Waals surface area contributed by atoms with Gasteiger partial charge in [-0.2, -0.15) is 0 Å². The summed E-state index contributed by atoms with van der Waals surface area (Å²) in [6.07, 6.45) is -0.471. The molecule has 0 aromatic carbocycles. The second kappa shape index (κ2) is 6.12. The van der Waals surface area contributed by atoms with E-state index in [9.17, 15) is 4.79 Å². The highest BCUT2D eigenvalue weighted by atomic mass is 79.9. The van der Waals surface area contributed by atoms with Gasteiger partial charge in [-0.15, -0.1) is 0 Å². The van der Waals surface area contributed by atoms with E-state index in [4.69, 9.17) is 27.9 Å². The van der Waals surface area contributed by atoms with E-state index in [0.717, 1.165) is 0 Å². The molecule has 0 aliphatic rings. The molecule has 5 nitrogen and oxygen atoms in total. The monoisotopic (exact) mass is 357 g/mol. The Labute approximate surface area is 124 Å². The number of nitrogens with zero attached hydrogens (tertiary/aromatic N) is 2. The first-order chi connectivity index (χ1) is 8.20. The van der Waals surface area contributed by atoms with Crippen molar-refractivity contribution in [2.45, 2.75) is 32.9 Å². The van der Waals surface area contributed by atoms with Crippen LogP contribution in [0, 0.1) is 0 Å². The molecule has 1 heterocycles. The Balaban J connectivity index is 2.45. The van der Waals surface area contributed by atoms with Gasteiger partial charge in [0.05, 0.1) is 0 Å². The van der Waals surface area contributed by atoms with Crippen molar-refractivity contribution in [3.05, 3.63) is 15.0 Å². The summed E-state index contributed by atoms with van der Waals surface area (Å²) in [6, 6.07) is 0. The van der Waals surface area contributed by atoms with Crippen LogP contribution in [0.4, 0.5) is 4.79 Å². The van der Waals surface area contributed by atoms with Crippen molar-refractivity contribution >= 4 is 45.2 Å². The summed E-state index contributed by atoms with van der Waals surface area (Å²) in [4.78, 5) is 15.3. The fourth-order valence-electron chi connectivity index (χ4n) is 1.15. The third-order valence-corrected chi connectivity index (χ3v) is 3.17. The van der Waals surface area contributed by atoms with Crippen molar-refractivity contribution in [2.24, 2.45) is 0 Å². The van der Waals surface area contributed by atoms with Crippen LogP contribution in [0.3, 0.4) is 0 Å². The van der Waals surface area contributed by atoms with E-state index in [0.29, 0.717) is 23.0 Å². The minimum Gasteiger partial charge on any atom is -0.444 e. The van der Waals surface area contributed by atoms with Crippen LogP contribution in [-0.2, 0) is 11.3 Å². The number of halogens is 3. The maximum Gasteiger partial charge on any atom is 0.407 e. The van der Waals surface area contributed by atoms with Crippen LogP contribution >= 0.6 is 39.1 Å². The standard InChI is InChI=1S/C10H14BrCl2N3O2/c1-10(2,3)18-9(17)14-4-5-16-7(13)6(12)15-8(16)11/h4-5H2,1-3H3,(H,14,17). The lowest BCUT2D eigenvalue weighted by Gasteiger charge is -2.19. The van der Waals surface area contributed by atoms with Gasteiger partial charge in [-0.25, -0.2) is 9.78 Å². The number of amides is 1. The summed E-state index contributed by atoms with van der Waals surface area (Å²) in [6.45, 7) is 6.21. The van der Waals surface area contributed by atoms with Gasteiger partial charge in [0.1, 0.15) is 10.8 Å². The zero-order valence-electron chi connectivity index (χ0n) is 10.3. The summed E-state index contributed by atoms with van der Waals surface area (Å²) < 4.78 is 7.25. The van der Waals surface area contributed by atoms with Crippen LogP contribution in [0.15, 0.2) is 4.73 Å². The Morgan fingerprint density at radius 2 is 2.11 bits per heavy atom. The number of hydrogen-bond donors (Lipinski definition) is 1. The average molecular weight is 359 g/mol. The van der Waals surface area contributed by atoms with E-state index in [1.54, 1.807) is 25.3 Å². The quantitative estimate of drug-likeness (QED) is 0.899. The van der Waals surface area contributed by atoms with Crippen LogP contribution in [0.1, 0.15) is 20.8 Å². The molecule has 0 spiro atoms. The second-order valence-corrected chi connectivity index (χ2v) is 5.97. The number of rotatable bonds is 3. The zero-order valence-corrected chi connectivity index (χ0v) is 13.4. The lowest BCUT2D eigenvalue weighted by atomic mass is 10.2. The van der Waals surface area contributed by atoms with Gasteiger partial charge in [0.2, 0.25) is 0 Å². The Hall–Kier alpha value is -0.460. The normalized spacial score (nSPS) is 11.4. The molecule has 0 unspecified atom stereocenters. The molecule has 0 atom stereocenters. The average Bonchev–Trinajstić information content (AvgIpc) is 2.41. The molecule has 0 aliphatic carbocycles. The Bertz CT molecular complexity index is 443. The van der Waals surface area contributed by atoms with E-state index in [1.807, 2.05) is 0 Å². The summed E-state index contributed by atoms with van der Waals surface area (Å²) in [7, 11) is 0. The molecule has 1 N–H and O–H groups in total. The van der Waals surface area contributed by atoms with Crippen molar-refractivity contribution in [2.75, 3.05) is 6.54 Å². The van der Waals surface area contributed by atoms with E-state index >= 15 is 0 Å². The number of imidazole rings is 1. The molecule has 0 fully saturated rings. The molecule has 1 rings (SSSR count). The molecule has 102 valence electrons. The van der Waals surface area contributed by atoms with Crippen molar-refractivity contribution in [1.82, 2.24) is 14.9 Å². The zero-order chi connectivity index (χ0) is 13.9. The molecule has 0 bridgehead atoms. The fraction of sp³-hybridized carbons (Fsp3) is 0.600. The van der Waals surface area contributed by atoms with E-state index in [1.165, 1.54) is 0 Å². The predicted molar refractivity (Wildman–Crippen MR) is 74.2 cm³/mol. The first-order valence-electron chi connectivity index (χ1n) is 5.24. The van der Waals surface area contributed by atoms with E-state index in [2.05, 4.69) is 26.2 Å². The Morgan fingerprint density at radius 1 is 1.50 bits per heavy atom. The Morgan fingerprint density at radius 3 is 2.56 bits per heavy atom. The predicted octanol–water partition coefficient (Wildman–Crippen LogP) is 3.48. The van der Waals surface area contributed by atoms with Crippen LogP contribution < -0.4 is 5.32 Å². The minimum atomic E-state index is -0.513. The summed E-state index contributed by atoms with van der Waals surface area (Å²) in [5.41, 5.74) is -0.513. The van der Waals surface area contributed by atoms with Crippen molar-refractivity contribution < 1.29 is 9.53 Å². The third kappa shape index (κ3) is 4.66. The second-order valence-electron chi connectivity index (χ2n) is 4.54. The van der Waals surface area contributed by atoms with Gasteiger partial charge in [0, 0.05) is 13.1 Å². The number of aromatic nitrogens is 2. The number of hydrogen-bond acceptors (Lipinski definition) is 3. The highest BCUT2D eigenvalue weighted by Crippen LogP contribution is 2.25. The summed E-state index contributed by atoms with van der Waals surface area (Å²) >= 11 is 14.9. The number of carbonyl (C=O) groups excluding carboxylic acids is 1. The van der Waals surface area contributed by atoms with Crippen LogP contribution in [0.25, 0.3) is 0 Å². The van der Waals surface area contributed by atoms with Crippen LogP contribution in [0.5, 0.6) is 0 Å². The van der Waals surface area contributed by atoms with Gasteiger partial charge in [0.25, 0.3) is 0 Å². The number of nitrogens with one attached hydrogen (secondary N) is 1. The van der Waals surface area contributed by atoms with Gasteiger partial charge in [-0.05, 0) is 36.7 Å². The molecule has 0 saturated heterocycles. The lowest BCUT2D eigenvalue weighted by molar-refractivity contribution is 0.0526.